The largest absolute Gasteiger partial charge is 0.397 e. The molecule has 0 saturated heterocycles. The molecule has 0 radical (unpaired) electrons. The van der Waals surface area contributed by atoms with Gasteiger partial charge in [0.15, 0.2) is 0 Å². The number of thiophene rings is 1. The second-order valence-corrected chi connectivity index (χ2v) is 9.18. The van der Waals surface area contributed by atoms with Crippen LogP contribution in [0.1, 0.15) is 40.0 Å². The summed E-state index contributed by atoms with van der Waals surface area (Å²) in [5.74, 6) is 0.226. The molecule has 0 spiro atoms. The standard InChI is InChI=1S/C23H23N5O2S/c1-12-8-9-17-14(10-12)11-16-18(24)20(31-22(16)25-17)21(29)26-19-13(2)27-28(23(19)30)15-6-4-3-5-7-15/h3-7,11-12,27H,8-10,24H2,1-2H3,(H,26,29). The number of amides is 1. The predicted molar refractivity (Wildman–Crippen MR) is 124 cm³/mol. The number of benzene rings is 1. The lowest BCUT2D eigenvalue weighted by Crippen LogP contribution is -2.21. The van der Waals surface area contributed by atoms with E-state index in [1.54, 1.807) is 6.92 Å². The fourth-order valence-electron chi connectivity index (χ4n) is 4.16. The van der Waals surface area contributed by atoms with Crippen LogP contribution < -0.4 is 16.6 Å². The van der Waals surface area contributed by atoms with Crippen molar-refractivity contribution in [3.63, 3.8) is 0 Å². The Hall–Kier alpha value is -3.39. The molecule has 1 aromatic carbocycles. The molecular formula is C23H23N5O2S. The summed E-state index contributed by atoms with van der Waals surface area (Å²) >= 11 is 1.27. The van der Waals surface area contributed by atoms with E-state index < -0.39 is 5.91 Å². The third-order valence-electron chi connectivity index (χ3n) is 5.86. The Labute approximate surface area is 182 Å². The number of aromatic amines is 1. The number of pyridine rings is 1. The Morgan fingerprint density at radius 2 is 2.10 bits per heavy atom. The van der Waals surface area contributed by atoms with Crippen molar-refractivity contribution in [3.05, 3.63) is 68.6 Å². The Kier molecular flexibility index (Phi) is 4.66. The molecule has 0 saturated carbocycles. The molecule has 1 unspecified atom stereocenters. The van der Waals surface area contributed by atoms with Crippen LogP contribution in [0.4, 0.5) is 11.4 Å². The zero-order valence-electron chi connectivity index (χ0n) is 17.4. The molecule has 31 heavy (non-hydrogen) atoms. The van der Waals surface area contributed by atoms with Gasteiger partial charge in [0.25, 0.3) is 11.5 Å². The van der Waals surface area contributed by atoms with Crippen LogP contribution in [0.2, 0.25) is 0 Å². The monoisotopic (exact) mass is 433 g/mol. The lowest BCUT2D eigenvalue weighted by atomic mass is 9.87. The highest BCUT2D eigenvalue weighted by molar-refractivity contribution is 7.21. The van der Waals surface area contributed by atoms with Gasteiger partial charge < -0.3 is 11.1 Å². The maximum absolute atomic E-state index is 13.1. The average molecular weight is 434 g/mol. The van der Waals surface area contributed by atoms with Gasteiger partial charge in [-0.2, -0.15) is 0 Å². The molecular weight excluding hydrogens is 410 g/mol. The van der Waals surface area contributed by atoms with Gasteiger partial charge in [0.2, 0.25) is 0 Å². The van der Waals surface area contributed by atoms with Gasteiger partial charge in [0, 0.05) is 11.1 Å². The lowest BCUT2D eigenvalue weighted by Gasteiger charge is -2.20. The molecule has 7 nitrogen and oxygen atoms in total. The Balaban J connectivity index is 1.50. The van der Waals surface area contributed by atoms with Gasteiger partial charge in [-0.25, -0.2) is 9.67 Å². The summed E-state index contributed by atoms with van der Waals surface area (Å²) in [7, 11) is 0. The number of para-hydroxylation sites is 1. The van der Waals surface area contributed by atoms with Crippen LogP contribution in [0, 0.1) is 12.8 Å². The number of hydrogen-bond donors (Lipinski definition) is 3. The van der Waals surface area contributed by atoms with Crippen molar-refractivity contribution >= 4 is 38.8 Å². The van der Waals surface area contributed by atoms with Gasteiger partial charge in [-0.05, 0) is 55.9 Å². The van der Waals surface area contributed by atoms with E-state index >= 15 is 0 Å². The van der Waals surface area contributed by atoms with E-state index in [9.17, 15) is 9.59 Å². The number of aromatic nitrogens is 3. The fourth-order valence-corrected chi connectivity index (χ4v) is 5.16. The maximum atomic E-state index is 13.1. The Morgan fingerprint density at radius 1 is 1.32 bits per heavy atom. The fraction of sp³-hybridized carbons (Fsp3) is 0.261. The number of rotatable bonds is 3. The number of anilines is 2. The van der Waals surface area contributed by atoms with E-state index in [4.69, 9.17) is 10.7 Å². The second kappa shape index (κ2) is 7.39. The number of nitrogens with zero attached hydrogens (tertiary/aromatic N) is 2. The minimum absolute atomic E-state index is 0.215. The molecule has 1 aliphatic rings. The topological polar surface area (TPSA) is 106 Å². The highest BCUT2D eigenvalue weighted by Gasteiger charge is 2.24. The Morgan fingerprint density at radius 3 is 2.87 bits per heavy atom. The van der Waals surface area contributed by atoms with Crippen LogP contribution in [0.25, 0.3) is 15.9 Å². The Bertz CT molecular complexity index is 1370. The van der Waals surface area contributed by atoms with Crippen LogP contribution in [0.3, 0.4) is 0 Å². The van der Waals surface area contributed by atoms with Crippen molar-refractivity contribution in [2.45, 2.75) is 33.1 Å². The van der Waals surface area contributed by atoms with Crippen LogP contribution in [0.15, 0.2) is 41.2 Å². The van der Waals surface area contributed by atoms with E-state index in [1.165, 1.54) is 21.6 Å². The van der Waals surface area contributed by atoms with Crippen LogP contribution >= 0.6 is 11.3 Å². The number of nitrogens with two attached hydrogens (primary N) is 1. The molecule has 4 N–H and O–H groups in total. The summed E-state index contributed by atoms with van der Waals surface area (Å²) in [5.41, 5.74) is 10.3. The minimum Gasteiger partial charge on any atom is -0.397 e. The second-order valence-electron chi connectivity index (χ2n) is 8.18. The number of nitrogens with one attached hydrogen (secondary N) is 2. The van der Waals surface area contributed by atoms with Crippen molar-refractivity contribution in [2.24, 2.45) is 5.92 Å². The first-order valence-electron chi connectivity index (χ1n) is 10.3. The van der Waals surface area contributed by atoms with E-state index in [2.05, 4.69) is 23.4 Å². The van der Waals surface area contributed by atoms with Gasteiger partial charge in [-0.15, -0.1) is 11.3 Å². The zero-order valence-corrected chi connectivity index (χ0v) is 18.2. The third kappa shape index (κ3) is 3.33. The molecule has 4 aromatic rings. The molecule has 0 fully saturated rings. The van der Waals surface area contributed by atoms with Crippen molar-refractivity contribution < 1.29 is 4.79 Å². The molecule has 8 heteroatoms. The highest BCUT2D eigenvalue weighted by Crippen LogP contribution is 2.36. The zero-order chi connectivity index (χ0) is 21.7. The molecule has 3 aromatic heterocycles. The van der Waals surface area contributed by atoms with Gasteiger partial charge in [-0.1, -0.05) is 25.1 Å². The first-order chi connectivity index (χ1) is 14.9. The number of hydrogen-bond acceptors (Lipinski definition) is 5. The highest BCUT2D eigenvalue weighted by atomic mass is 32.1. The van der Waals surface area contributed by atoms with Gasteiger partial charge in [-0.3, -0.25) is 14.7 Å². The molecule has 5 rings (SSSR count). The van der Waals surface area contributed by atoms with Crippen molar-refractivity contribution in [2.75, 3.05) is 11.1 Å². The average Bonchev–Trinajstić information content (AvgIpc) is 3.23. The van der Waals surface area contributed by atoms with E-state index in [0.717, 1.165) is 35.2 Å². The molecule has 158 valence electrons. The lowest BCUT2D eigenvalue weighted by molar-refractivity contribution is 0.103. The number of H-pyrrole nitrogens is 1. The quantitative estimate of drug-likeness (QED) is 0.453. The summed E-state index contributed by atoms with van der Waals surface area (Å²) in [4.78, 5) is 31.9. The number of carbonyl (C=O) groups is 1. The molecule has 1 amide bonds. The summed E-state index contributed by atoms with van der Waals surface area (Å²) < 4.78 is 1.41. The third-order valence-corrected chi connectivity index (χ3v) is 6.98. The van der Waals surface area contributed by atoms with Crippen LogP contribution in [0.5, 0.6) is 0 Å². The smallest absolute Gasteiger partial charge is 0.295 e. The first kappa shape index (κ1) is 19.6. The number of fused-ring (bicyclic) bond motifs is 2. The molecule has 1 aliphatic carbocycles. The van der Waals surface area contributed by atoms with Crippen LogP contribution in [-0.2, 0) is 12.8 Å². The molecule has 3 heterocycles. The van der Waals surface area contributed by atoms with Crippen LogP contribution in [-0.4, -0.2) is 20.7 Å². The number of aryl methyl sites for hydroxylation is 2. The molecule has 0 aliphatic heterocycles. The SMILES string of the molecule is Cc1[nH]n(-c2ccccc2)c(=O)c1NC(=O)c1sc2nc3c(cc2c1N)CC(C)CC3. The summed E-state index contributed by atoms with van der Waals surface area (Å²) in [5, 5.41) is 6.60. The van der Waals surface area contributed by atoms with Gasteiger partial charge in [0.1, 0.15) is 15.4 Å². The normalized spacial score (nSPS) is 15.7. The molecule has 0 bridgehead atoms. The van der Waals surface area contributed by atoms with E-state index in [0.29, 0.717) is 27.9 Å². The van der Waals surface area contributed by atoms with E-state index in [-0.39, 0.29) is 11.2 Å². The number of carbonyl (C=O) groups excluding carboxylic acids is 1. The van der Waals surface area contributed by atoms with Gasteiger partial charge in [0.05, 0.1) is 17.1 Å². The summed E-state index contributed by atoms with van der Waals surface area (Å²) in [6.07, 6.45) is 3.06. The summed E-state index contributed by atoms with van der Waals surface area (Å²) in [6, 6.07) is 11.3. The number of nitrogen functional groups attached to an aromatic ring is 1. The van der Waals surface area contributed by atoms with Crippen molar-refractivity contribution in [1.82, 2.24) is 14.8 Å². The minimum atomic E-state index is -0.397. The molecule has 1 atom stereocenters. The maximum Gasteiger partial charge on any atom is 0.295 e. The predicted octanol–water partition coefficient (Wildman–Crippen LogP) is 4.04. The summed E-state index contributed by atoms with van der Waals surface area (Å²) in [6.45, 7) is 3.99. The van der Waals surface area contributed by atoms with E-state index in [1.807, 2.05) is 30.3 Å². The van der Waals surface area contributed by atoms with Crippen molar-refractivity contribution in [3.8, 4) is 5.69 Å². The van der Waals surface area contributed by atoms with Crippen molar-refractivity contribution in [1.29, 1.82) is 0 Å². The van der Waals surface area contributed by atoms with Gasteiger partial charge >= 0.3 is 0 Å². The first-order valence-corrected chi connectivity index (χ1v) is 11.1.